The normalized spacial score (nSPS) is 29.1. The van der Waals surface area contributed by atoms with Gasteiger partial charge in [0.15, 0.2) is 0 Å². The molecule has 1 spiro atoms. The van der Waals surface area contributed by atoms with Crippen molar-refractivity contribution in [3.8, 4) is 0 Å². The lowest BCUT2D eigenvalue weighted by Crippen LogP contribution is -2.46. The molecule has 0 aromatic heterocycles. The van der Waals surface area contributed by atoms with Crippen LogP contribution in [-0.4, -0.2) is 50.3 Å². The van der Waals surface area contributed by atoms with Gasteiger partial charge < -0.3 is 15.0 Å². The number of rotatable bonds is 3. The van der Waals surface area contributed by atoms with Gasteiger partial charge in [0.25, 0.3) is 0 Å². The van der Waals surface area contributed by atoms with Crippen LogP contribution in [0.25, 0.3) is 0 Å². The molecule has 1 unspecified atom stereocenters. The summed E-state index contributed by atoms with van der Waals surface area (Å²) in [5, 5.41) is 3.45. The Morgan fingerprint density at radius 3 is 2.53 bits per heavy atom. The third-order valence-electron chi connectivity index (χ3n) is 4.66. The van der Waals surface area contributed by atoms with E-state index in [0.717, 1.165) is 13.2 Å². The van der Waals surface area contributed by atoms with Gasteiger partial charge in [-0.2, -0.15) is 0 Å². The second-order valence-electron chi connectivity index (χ2n) is 6.26. The first-order valence-electron chi connectivity index (χ1n) is 7.14. The topological polar surface area (TPSA) is 24.5 Å². The minimum absolute atomic E-state index is 0.461. The van der Waals surface area contributed by atoms with Crippen LogP contribution in [0, 0.1) is 5.41 Å². The van der Waals surface area contributed by atoms with Crippen LogP contribution in [0.4, 0.5) is 0 Å². The van der Waals surface area contributed by atoms with Gasteiger partial charge in [-0.15, -0.1) is 0 Å². The Bertz CT molecular complexity index is 226. The number of nitrogens with one attached hydrogen (secondary N) is 1. The Labute approximate surface area is 106 Å². The van der Waals surface area contributed by atoms with E-state index in [2.05, 4.69) is 31.1 Å². The van der Waals surface area contributed by atoms with Gasteiger partial charge in [-0.25, -0.2) is 0 Å². The smallest absolute Gasteiger partial charge is 0.0702 e. The fourth-order valence-electron chi connectivity index (χ4n) is 2.94. The zero-order chi connectivity index (χ0) is 12.3. The van der Waals surface area contributed by atoms with Gasteiger partial charge in [0.1, 0.15) is 0 Å². The van der Waals surface area contributed by atoms with Crippen molar-refractivity contribution in [1.29, 1.82) is 0 Å². The molecule has 3 nitrogen and oxygen atoms in total. The van der Waals surface area contributed by atoms with Crippen LogP contribution >= 0.6 is 0 Å². The van der Waals surface area contributed by atoms with Crippen molar-refractivity contribution < 1.29 is 4.74 Å². The fraction of sp³-hybridized carbons (Fsp3) is 1.00. The number of nitrogens with zero attached hydrogens (tertiary/aromatic N) is 1. The van der Waals surface area contributed by atoms with E-state index >= 15 is 0 Å². The highest BCUT2D eigenvalue weighted by molar-refractivity contribution is 4.89. The molecule has 100 valence electrons. The molecule has 17 heavy (non-hydrogen) atoms. The van der Waals surface area contributed by atoms with Crippen LogP contribution < -0.4 is 5.32 Å². The molecule has 0 amide bonds. The number of likely N-dealkylation sites (N-methyl/N-ethyl adjacent to an activating group) is 1. The minimum atomic E-state index is 0.461. The summed E-state index contributed by atoms with van der Waals surface area (Å²) >= 11 is 0. The summed E-state index contributed by atoms with van der Waals surface area (Å²) in [5.74, 6) is 0. The van der Waals surface area contributed by atoms with Crippen LogP contribution in [0.3, 0.4) is 0 Å². The summed E-state index contributed by atoms with van der Waals surface area (Å²) in [6, 6.07) is 0.619. The summed E-state index contributed by atoms with van der Waals surface area (Å²) in [6.07, 6.45) is 5.69. The van der Waals surface area contributed by atoms with Crippen molar-refractivity contribution in [2.45, 2.75) is 51.7 Å². The van der Waals surface area contributed by atoms with E-state index in [9.17, 15) is 0 Å². The molecule has 1 atom stereocenters. The summed E-state index contributed by atoms with van der Waals surface area (Å²) in [7, 11) is 2.20. The molecule has 2 aliphatic heterocycles. The van der Waals surface area contributed by atoms with Gasteiger partial charge >= 0.3 is 0 Å². The standard InChI is InChI=1S/C14H28N2O/c1-12(2)16(3)10-13-4-5-14(11-17-13)6-8-15-9-7-14/h12-13,15H,4-11H2,1-3H3. The predicted molar refractivity (Wildman–Crippen MR) is 71.3 cm³/mol. The van der Waals surface area contributed by atoms with E-state index in [4.69, 9.17) is 4.74 Å². The van der Waals surface area contributed by atoms with E-state index in [1.807, 2.05) is 0 Å². The molecule has 0 saturated carbocycles. The van der Waals surface area contributed by atoms with E-state index in [-0.39, 0.29) is 0 Å². The van der Waals surface area contributed by atoms with Crippen molar-refractivity contribution in [1.82, 2.24) is 10.2 Å². The first-order chi connectivity index (χ1) is 8.11. The van der Waals surface area contributed by atoms with Gasteiger partial charge in [0.05, 0.1) is 12.7 Å². The lowest BCUT2D eigenvalue weighted by molar-refractivity contribution is -0.0840. The zero-order valence-electron chi connectivity index (χ0n) is 11.7. The molecule has 0 radical (unpaired) electrons. The molecule has 2 rings (SSSR count). The quantitative estimate of drug-likeness (QED) is 0.815. The average molecular weight is 240 g/mol. The van der Waals surface area contributed by atoms with E-state index in [0.29, 0.717) is 17.6 Å². The number of piperidine rings is 1. The summed E-state index contributed by atoms with van der Waals surface area (Å²) < 4.78 is 6.12. The Morgan fingerprint density at radius 1 is 1.29 bits per heavy atom. The molecule has 0 aromatic carbocycles. The van der Waals surface area contributed by atoms with Crippen molar-refractivity contribution in [3.63, 3.8) is 0 Å². The molecule has 1 N–H and O–H groups in total. The minimum Gasteiger partial charge on any atom is -0.376 e. The summed E-state index contributed by atoms with van der Waals surface area (Å²) in [4.78, 5) is 2.39. The fourth-order valence-corrected chi connectivity index (χ4v) is 2.94. The van der Waals surface area contributed by atoms with Crippen LogP contribution in [0.1, 0.15) is 39.5 Å². The number of hydrogen-bond acceptors (Lipinski definition) is 3. The maximum absolute atomic E-state index is 6.12. The van der Waals surface area contributed by atoms with Crippen molar-refractivity contribution in [2.75, 3.05) is 33.3 Å². The summed E-state index contributed by atoms with van der Waals surface area (Å²) in [5.41, 5.74) is 0.512. The Morgan fingerprint density at radius 2 is 2.00 bits per heavy atom. The van der Waals surface area contributed by atoms with Crippen LogP contribution in [-0.2, 0) is 4.74 Å². The molecule has 0 bridgehead atoms. The molecular formula is C14H28N2O. The van der Waals surface area contributed by atoms with Crippen LogP contribution in [0.2, 0.25) is 0 Å². The molecule has 0 aromatic rings. The molecular weight excluding hydrogens is 212 g/mol. The van der Waals surface area contributed by atoms with Gasteiger partial charge in [0.2, 0.25) is 0 Å². The Balaban J connectivity index is 1.77. The maximum atomic E-state index is 6.12. The highest BCUT2D eigenvalue weighted by Gasteiger charge is 2.37. The van der Waals surface area contributed by atoms with Gasteiger partial charge in [-0.3, -0.25) is 0 Å². The van der Waals surface area contributed by atoms with Crippen molar-refractivity contribution >= 4 is 0 Å². The SMILES string of the molecule is CC(C)N(C)CC1CCC2(CCNCC2)CO1. The second-order valence-corrected chi connectivity index (χ2v) is 6.26. The third kappa shape index (κ3) is 3.43. The first kappa shape index (κ1) is 13.3. The lowest BCUT2D eigenvalue weighted by Gasteiger charge is -2.43. The lowest BCUT2D eigenvalue weighted by atomic mass is 9.74. The monoisotopic (exact) mass is 240 g/mol. The zero-order valence-corrected chi connectivity index (χ0v) is 11.7. The highest BCUT2D eigenvalue weighted by Crippen LogP contribution is 2.38. The average Bonchev–Trinajstić information content (AvgIpc) is 2.33. The molecule has 3 heteroatoms. The van der Waals surface area contributed by atoms with Crippen molar-refractivity contribution in [3.05, 3.63) is 0 Å². The Hall–Kier alpha value is -0.120. The van der Waals surface area contributed by atoms with Gasteiger partial charge in [0, 0.05) is 12.6 Å². The van der Waals surface area contributed by atoms with Gasteiger partial charge in [-0.1, -0.05) is 0 Å². The van der Waals surface area contributed by atoms with Crippen molar-refractivity contribution in [2.24, 2.45) is 5.41 Å². The number of ether oxygens (including phenoxy) is 1. The van der Waals surface area contributed by atoms with Crippen LogP contribution in [0.5, 0.6) is 0 Å². The predicted octanol–water partition coefficient (Wildman–Crippen LogP) is 1.88. The van der Waals surface area contributed by atoms with Crippen LogP contribution in [0.15, 0.2) is 0 Å². The second kappa shape index (κ2) is 5.68. The molecule has 2 aliphatic rings. The molecule has 2 fully saturated rings. The van der Waals surface area contributed by atoms with E-state index < -0.39 is 0 Å². The summed E-state index contributed by atoms with van der Waals surface area (Å²) in [6.45, 7) is 8.94. The highest BCUT2D eigenvalue weighted by atomic mass is 16.5. The Kier molecular flexibility index (Phi) is 4.45. The maximum Gasteiger partial charge on any atom is 0.0702 e. The first-order valence-corrected chi connectivity index (χ1v) is 7.14. The largest absolute Gasteiger partial charge is 0.376 e. The molecule has 2 heterocycles. The molecule has 2 saturated heterocycles. The third-order valence-corrected chi connectivity index (χ3v) is 4.66. The van der Waals surface area contributed by atoms with Gasteiger partial charge in [-0.05, 0) is 65.1 Å². The van der Waals surface area contributed by atoms with E-state index in [1.165, 1.54) is 38.8 Å². The molecule has 0 aliphatic carbocycles. The van der Waals surface area contributed by atoms with E-state index in [1.54, 1.807) is 0 Å². The number of hydrogen-bond donors (Lipinski definition) is 1.